The Labute approximate surface area is 179 Å². The minimum atomic E-state index is -4.40. The van der Waals surface area contributed by atoms with E-state index in [1.54, 1.807) is 0 Å². The molecule has 27 heavy (non-hydrogen) atoms. The van der Waals surface area contributed by atoms with Crippen molar-refractivity contribution in [2.75, 3.05) is 28.8 Å². The van der Waals surface area contributed by atoms with Crippen molar-refractivity contribution in [3.05, 3.63) is 0 Å². The standard InChI is InChI=1S/C12H26O8S7/c1-9(27(19,20)10(2)23)7-25(15,16)11(3)26(17,18)8-12(6-22)24(13,14)5-4-21/h9-12,21-23H,4-8H2,1-3H3. The zero-order valence-electron chi connectivity index (χ0n) is 15.1. The van der Waals surface area contributed by atoms with Gasteiger partial charge >= 0.3 is 0 Å². The Morgan fingerprint density at radius 2 is 1.19 bits per heavy atom. The van der Waals surface area contributed by atoms with Crippen LogP contribution in [-0.2, 0) is 39.3 Å². The summed E-state index contributed by atoms with van der Waals surface area (Å²) in [5, 5.41) is -2.74. The Bertz CT molecular complexity index is 901. The van der Waals surface area contributed by atoms with E-state index in [-0.39, 0.29) is 17.3 Å². The molecule has 0 heterocycles. The summed E-state index contributed by atoms with van der Waals surface area (Å²) < 4.78 is 95.1. The van der Waals surface area contributed by atoms with Crippen molar-refractivity contribution >= 4 is 77.2 Å². The fourth-order valence-electron chi connectivity index (χ4n) is 2.08. The van der Waals surface area contributed by atoms with Crippen LogP contribution in [0.25, 0.3) is 0 Å². The van der Waals surface area contributed by atoms with Crippen LogP contribution in [0.3, 0.4) is 0 Å². The van der Waals surface area contributed by atoms with E-state index in [2.05, 4.69) is 37.9 Å². The average Bonchev–Trinajstić information content (AvgIpc) is 2.50. The molecule has 0 aromatic carbocycles. The average molecular weight is 523 g/mol. The highest BCUT2D eigenvalue weighted by molar-refractivity contribution is 8.10. The Balaban J connectivity index is 5.65. The fraction of sp³-hybridized carbons (Fsp3) is 1.00. The molecule has 164 valence electrons. The number of hydrogen-bond acceptors (Lipinski definition) is 11. The Hall–Kier alpha value is 0.850. The van der Waals surface area contributed by atoms with Gasteiger partial charge in [0.25, 0.3) is 0 Å². The molecule has 4 atom stereocenters. The lowest BCUT2D eigenvalue weighted by Gasteiger charge is -2.21. The van der Waals surface area contributed by atoms with Crippen LogP contribution >= 0.6 is 37.9 Å². The summed E-state index contributed by atoms with van der Waals surface area (Å²) in [6.07, 6.45) is 0. The van der Waals surface area contributed by atoms with E-state index in [0.29, 0.717) is 0 Å². The van der Waals surface area contributed by atoms with Crippen LogP contribution in [0.15, 0.2) is 0 Å². The van der Waals surface area contributed by atoms with Crippen LogP contribution in [0.2, 0.25) is 0 Å². The number of hydrogen-bond donors (Lipinski definition) is 3. The van der Waals surface area contributed by atoms with Gasteiger partial charge in [-0.3, -0.25) is 0 Å². The molecule has 0 fully saturated rings. The van der Waals surface area contributed by atoms with Gasteiger partial charge < -0.3 is 0 Å². The zero-order chi connectivity index (χ0) is 21.8. The monoisotopic (exact) mass is 522 g/mol. The van der Waals surface area contributed by atoms with Crippen molar-refractivity contribution in [2.24, 2.45) is 0 Å². The van der Waals surface area contributed by atoms with E-state index in [1.807, 2.05) is 0 Å². The third kappa shape index (κ3) is 7.55. The maximum atomic E-state index is 12.5. The minimum Gasteiger partial charge on any atom is -0.228 e. The van der Waals surface area contributed by atoms with Gasteiger partial charge in [-0.15, -0.1) is 0 Å². The molecule has 0 rings (SSSR count). The predicted octanol–water partition coefficient (Wildman–Crippen LogP) is -0.116. The maximum Gasteiger partial charge on any atom is 0.168 e. The Morgan fingerprint density at radius 1 is 0.741 bits per heavy atom. The molecule has 0 saturated carbocycles. The number of sulfone groups is 4. The van der Waals surface area contributed by atoms with E-state index in [1.165, 1.54) is 6.92 Å². The fourth-order valence-corrected chi connectivity index (χ4v) is 12.8. The smallest absolute Gasteiger partial charge is 0.168 e. The Kier molecular flexibility index (Phi) is 10.6. The van der Waals surface area contributed by atoms with Gasteiger partial charge in [0.15, 0.2) is 43.9 Å². The van der Waals surface area contributed by atoms with Crippen LogP contribution in [0.4, 0.5) is 0 Å². The van der Waals surface area contributed by atoms with Crippen LogP contribution in [-0.4, -0.2) is 82.1 Å². The lowest BCUT2D eigenvalue weighted by atomic mass is 10.5. The van der Waals surface area contributed by atoms with Crippen molar-refractivity contribution in [3.63, 3.8) is 0 Å². The molecule has 0 spiro atoms. The third-order valence-electron chi connectivity index (χ3n) is 4.02. The molecular weight excluding hydrogens is 497 g/mol. The van der Waals surface area contributed by atoms with Gasteiger partial charge in [-0.2, -0.15) is 37.9 Å². The van der Waals surface area contributed by atoms with Crippen molar-refractivity contribution in [2.45, 2.75) is 40.4 Å². The van der Waals surface area contributed by atoms with E-state index in [9.17, 15) is 33.7 Å². The maximum absolute atomic E-state index is 12.5. The summed E-state index contributed by atoms with van der Waals surface area (Å²) in [6, 6.07) is 0. The molecule has 0 radical (unpaired) electrons. The summed E-state index contributed by atoms with van der Waals surface area (Å²) >= 11 is 11.5. The summed E-state index contributed by atoms with van der Waals surface area (Å²) in [5.41, 5.74) is 0. The highest BCUT2D eigenvalue weighted by atomic mass is 32.3. The summed E-state index contributed by atoms with van der Waals surface area (Å²) in [5.74, 6) is -2.51. The van der Waals surface area contributed by atoms with Crippen LogP contribution < -0.4 is 0 Å². The van der Waals surface area contributed by atoms with Gasteiger partial charge in [0, 0.05) is 11.5 Å². The lowest BCUT2D eigenvalue weighted by Crippen LogP contribution is -2.42. The van der Waals surface area contributed by atoms with E-state index in [0.717, 1.165) is 13.8 Å². The van der Waals surface area contributed by atoms with E-state index < -0.39 is 70.5 Å². The number of rotatable bonds is 12. The first-order chi connectivity index (χ1) is 12.0. The molecule has 15 heteroatoms. The van der Waals surface area contributed by atoms with Gasteiger partial charge in [-0.1, -0.05) is 0 Å². The lowest BCUT2D eigenvalue weighted by molar-refractivity contribution is 0.566. The van der Waals surface area contributed by atoms with E-state index in [4.69, 9.17) is 0 Å². The molecular formula is C12H26O8S7. The van der Waals surface area contributed by atoms with Crippen molar-refractivity contribution < 1.29 is 33.7 Å². The van der Waals surface area contributed by atoms with Gasteiger partial charge in [0.05, 0.1) is 27.8 Å². The summed E-state index contributed by atoms with van der Waals surface area (Å²) in [7, 11) is -16.5. The first-order valence-electron chi connectivity index (χ1n) is 7.73. The molecule has 8 nitrogen and oxygen atoms in total. The van der Waals surface area contributed by atoms with Crippen molar-refractivity contribution in [1.29, 1.82) is 0 Å². The quantitative estimate of drug-likeness (QED) is 0.302. The molecule has 0 aliphatic heterocycles. The SMILES string of the molecule is CC(S(=O)(=O)CC(CS)S(=O)(=O)CCS)S(=O)(=O)CC(C)S(=O)(=O)C(C)S. The molecule has 0 N–H and O–H groups in total. The van der Waals surface area contributed by atoms with Crippen LogP contribution in [0.1, 0.15) is 20.8 Å². The summed E-state index contributed by atoms with van der Waals surface area (Å²) in [6.45, 7) is 3.34. The normalized spacial score (nSPS) is 18.6. The van der Waals surface area contributed by atoms with E-state index >= 15 is 0 Å². The van der Waals surface area contributed by atoms with Gasteiger partial charge in [-0.05, 0) is 20.8 Å². The topological polar surface area (TPSA) is 137 Å². The van der Waals surface area contributed by atoms with Gasteiger partial charge in [-0.25, -0.2) is 33.7 Å². The second-order valence-corrected chi connectivity index (χ2v) is 18.2. The molecule has 0 aromatic rings. The number of thiol groups is 3. The second-order valence-electron chi connectivity index (χ2n) is 6.12. The third-order valence-corrected chi connectivity index (χ3v) is 16.5. The van der Waals surface area contributed by atoms with Gasteiger partial charge in [0.2, 0.25) is 0 Å². The van der Waals surface area contributed by atoms with Gasteiger partial charge in [0.1, 0.15) is 4.58 Å². The highest BCUT2D eigenvalue weighted by Crippen LogP contribution is 2.21. The second kappa shape index (κ2) is 10.2. The molecule has 0 saturated heterocycles. The first-order valence-corrected chi connectivity index (χ1v) is 16.3. The van der Waals surface area contributed by atoms with Crippen molar-refractivity contribution in [3.8, 4) is 0 Å². The molecule has 0 aliphatic rings. The highest BCUT2D eigenvalue weighted by Gasteiger charge is 2.40. The predicted molar refractivity (Wildman–Crippen MR) is 119 cm³/mol. The molecule has 0 amide bonds. The van der Waals surface area contributed by atoms with Crippen LogP contribution in [0.5, 0.6) is 0 Å². The zero-order valence-corrected chi connectivity index (χ0v) is 21.0. The molecule has 0 aliphatic carbocycles. The summed E-state index contributed by atoms with van der Waals surface area (Å²) in [4.78, 5) is 0. The largest absolute Gasteiger partial charge is 0.228 e. The molecule has 0 aromatic heterocycles. The first kappa shape index (κ1) is 27.8. The van der Waals surface area contributed by atoms with Crippen LogP contribution in [0, 0.1) is 0 Å². The minimum absolute atomic E-state index is 0.0161. The van der Waals surface area contributed by atoms with Crippen molar-refractivity contribution in [1.82, 2.24) is 0 Å². The Morgan fingerprint density at radius 3 is 1.56 bits per heavy atom. The molecule has 4 unspecified atom stereocenters. The molecule has 0 bridgehead atoms.